The molecule has 8 nitrogen and oxygen atoms in total. The Hall–Kier alpha value is -3.81. The third-order valence-corrected chi connectivity index (χ3v) is 5.47. The van der Waals surface area contributed by atoms with E-state index in [1.54, 1.807) is 18.2 Å². The van der Waals surface area contributed by atoms with E-state index in [4.69, 9.17) is 4.74 Å². The van der Waals surface area contributed by atoms with Gasteiger partial charge in [-0.05, 0) is 30.5 Å². The lowest BCUT2D eigenvalue weighted by Gasteiger charge is -2.22. The maximum Gasteiger partial charge on any atom is 0.343 e. The molecule has 30 heavy (non-hydrogen) atoms. The number of allylic oxidation sites excluding steroid dienone is 2. The van der Waals surface area contributed by atoms with Crippen LogP contribution in [0.2, 0.25) is 0 Å². The Balaban J connectivity index is 1.65. The van der Waals surface area contributed by atoms with Crippen molar-refractivity contribution in [1.82, 2.24) is 0 Å². The van der Waals surface area contributed by atoms with Crippen LogP contribution in [-0.4, -0.2) is 22.7 Å². The number of benzene rings is 2. The Labute approximate surface area is 171 Å². The molecule has 2 aromatic rings. The highest BCUT2D eigenvalue weighted by atomic mass is 16.6. The number of ether oxygens (including phenoxy) is 1. The van der Waals surface area contributed by atoms with Crippen molar-refractivity contribution >= 4 is 29.2 Å². The van der Waals surface area contributed by atoms with Crippen LogP contribution < -0.4 is 9.64 Å². The Morgan fingerprint density at radius 1 is 1.13 bits per heavy atom. The first-order valence-corrected chi connectivity index (χ1v) is 9.48. The van der Waals surface area contributed by atoms with Gasteiger partial charge in [-0.25, -0.2) is 9.69 Å². The second-order valence-corrected chi connectivity index (χ2v) is 7.33. The number of amides is 2. The van der Waals surface area contributed by atoms with Gasteiger partial charge in [0.1, 0.15) is 0 Å². The number of fused-ring (bicyclic) bond motifs is 1. The van der Waals surface area contributed by atoms with Crippen molar-refractivity contribution in [1.29, 1.82) is 0 Å². The van der Waals surface area contributed by atoms with Crippen molar-refractivity contribution < 1.29 is 24.0 Å². The molecule has 152 valence electrons. The summed E-state index contributed by atoms with van der Waals surface area (Å²) >= 11 is 0. The molecule has 0 aromatic heterocycles. The van der Waals surface area contributed by atoms with Gasteiger partial charge in [-0.3, -0.25) is 19.7 Å². The van der Waals surface area contributed by atoms with Crippen LogP contribution in [0.4, 0.5) is 11.4 Å². The van der Waals surface area contributed by atoms with E-state index in [9.17, 15) is 24.5 Å². The van der Waals surface area contributed by atoms with Crippen LogP contribution in [0.3, 0.4) is 0 Å². The molecule has 8 heteroatoms. The van der Waals surface area contributed by atoms with Crippen molar-refractivity contribution in [3.8, 4) is 5.75 Å². The van der Waals surface area contributed by atoms with Gasteiger partial charge in [0.15, 0.2) is 5.75 Å². The summed E-state index contributed by atoms with van der Waals surface area (Å²) in [4.78, 5) is 50.0. The van der Waals surface area contributed by atoms with Gasteiger partial charge in [0.05, 0.1) is 28.0 Å². The molecule has 2 aromatic carbocycles. The summed E-state index contributed by atoms with van der Waals surface area (Å²) in [5.41, 5.74) is -0.0642. The zero-order valence-corrected chi connectivity index (χ0v) is 16.1. The number of anilines is 1. The normalized spacial score (nSPS) is 22.7. The molecule has 1 saturated heterocycles. The molecule has 0 N–H and O–H groups in total. The number of hydrogen-bond acceptors (Lipinski definition) is 6. The lowest BCUT2D eigenvalue weighted by molar-refractivity contribution is -0.384. The highest BCUT2D eigenvalue weighted by Gasteiger charge is 2.51. The molecule has 0 radical (unpaired) electrons. The number of esters is 1. The largest absolute Gasteiger partial charge is 0.421 e. The summed E-state index contributed by atoms with van der Waals surface area (Å²) in [5.74, 6) is -2.36. The standard InChI is InChI=1S/C22H18N2O6/c1-13-6-4-9-16-19(13)21(26)23(20(16)25)17-10-2-3-11-18(17)30-22(27)14-7-5-8-15(12-14)24(28)29/h2-8,10-13,16,19H,9H2,1H3/t13-,16-,19+/m0/s1. The van der Waals surface area contributed by atoms with Crippen LogP contribution in [0.15, 0.2) is 60.7 Å². The second-order valence-electron chi connectivity index (χ2n) is 7.33. The molecule has 1 aliphatic carbocycles. The molecule has 0 spiro atoms. The van der Waals surface area contributed by atoms with Crippen LogP contribution >= 0.6 is 0 Å². The summed E-state index contributed by atoms with van der Waals surface area (Å²) in [6.07, 6.45) is 4.34. The van der Waals surface area contributed by atoms with Gasteiger partial charge >= 0.3 is 5.97 Å². The number of nitro groups is 1. The smallest absolute Gasteiger partial charge is 0.343 e. The Bertz CT molecular complexity index is 1090. The number of imide groups is 1. The number of carbonyl (C=O) groups is 3. The van der Waals surface area contributed by atoms with E-state index in [0.717, 1.165) is 11.0 Å². The Kier molecular flexibility index (Phi) is 4.91. The van der Waals surface area contributed by atoms with Gasteiger partial charge in [0.25, 0.3) is 5.69 Å². The number of nitrogens with zero attached hydrogens (tertiary/aromatic N) is 2. The minimum absolute atomic E-state index is 0.00966. The molecule has 2 aliphatic rings. The first-order chi connectivity index (χ1) is 14.4. The fourth-order valence-electron chi connectivity index (χ4n) is 4.02. The van der Waals surface area contributed by atoms with E-state index in [2.05, 4.69) is 0 Å². The number of nitro benzene ring substituents is 1. The molecule has 0 bridgehead atoms. The Morgan fingerprint density at radius 2 is 1.90 bits per heavy atom. The molecule has 0 unspecified atom stereocenters. The zero-order chi connectivity index (χ0) is 21.4. The van der Waals surface area contributed by atoms with Crippen LogP contribution in [0.5, 0.6) is 5.75 Å². The van der Waals surface area contributed by atoms with E-state index >= 15 is 0 Å². The average Bonchev–Trinajstić information content (AvgIpc) is 3.00. The highest BCUT2D eigenvalue weighted by molar-refractivity contribution is 6.23. The molecule has 1 aliphatic heterocycles. The quantitative estimate of drug-likeness (QED) is 0.192. The monoisotopic (exact) mass is 406 g/mol. The Morgan fingerprint density at radius 3 is 2.63 bits per heavy atom. The number of non-ortho nitro benzene ring substituents is 1. The number of carbonyl (C=O) groups excluding carboxylic acids is 3. The molecule has 3 atom stereocenters. The topological polar surface area (TPSA) is 107 Å². The van der Waals surface area contributed by atoms with Crippen molar-refractivity contribution in [2.45, 2.75) is 13.3 Å². The van der Waals surface area contributed by atoms with Gasteiger partial charge in [-0.15, -0.1) is 0 Å². The lowest BCUT2D eigenvalue weighted by Crippen LogP contribution is -2.32. The summed E-state index contributed by atoms with van der Waals surface area (Å²) in [6, 6.07) is 11.4. The fraction of sp³-hybridized carbons (Fsp3) is 0.227. The maximum absolute atomic E-state index is 13.0. The fourth-order valence-corrected chi connectivity index (χ4v) is 4.02. The second kappa shape index (κ2) is 7.55. The van der Waals surface area contributed by atoms with Crippen molar-refractivity contribution in [2.24, 2.45) is 17.8 Å². The minimum atomic E-state index is -0.822. The van der Waals surface area contributed by atoms with Gasteiger partial charge in [0.2, 0.25) is 11.8 Å². The lowest BCUT2D eigenvalue weighted by atomic mass is 9.78. The van der Waals surface area contributed by atoms with E-state index < -0.39 is 22.7 Å². The van der Waals surface area contributed by atoms with Crippen LogP contribution in [0.1, 0.15) is 23.7 Å². The van der Waals surface area contributed by atoms with Crippen LogP contribution in [-0.2, 0) is 9.59 Å². The van der Waals surface area contributed by atoms with Crippen LogP contribution in [0.25, 0.3) is 0 Å². The van der Waals surface area contributed by atoms with E-state index in [-0.39, 0.29) is 40.4 Å². The first kappa shape index (κ1) is 19.5. The zero-order valence-electron chi connectivity index (χ0n) is 16.1. The van der Waals surface area contributed by atoms with Gasteiger partial charge in [0, 0.05) is 12.1 Å². The van der Waals surface area contributed by atoms with Crippen molar-refractivity contribution in [3.63, 3.8) is 0 Å². The van der Waals surface area contributed by atoms with Crippen molar-refractivity contribution in [2.75, 3.05) is 4.90 Å². The molecule has 0 saturated carbocycles. The minimum Gasteiger partial charge on any atom is -0.421 e. The SMILES string of the molecule is C[C@H]1C=CC[C@@H]2C(=O)N(c3ccccc3OC(=O)c3cccc([N+](=O)[O-])c3)C(=O)[C@@H]21. The summed E-state index contributed by atoms with van der Waals surface area (Å²) < 4.78 is 5.43. The van der Waals surface area contributed by atoms with Crippen LogP contribution in [0, 0.1) is 27.9 Å². The molecular weight excluding hydrogens is 388 g/mol. The third kappa shape index (κ3) is 3.26. The number of rotatable bonds is 4. The molecule has 1 heterocycles. The molecule has 1 fully saturated rings. The van der Waals surface area contributed by atoms with Gasteiger partial charge in [-0.2, -0.15) is 0 Å². The summed E-state index contributed by atoms with van der Waals surface area (Å²) in [7, 11) is 0. The van der Waals surface area contributed by atoms with Gasteiger partial charge < -0.3 is 4.74 Å². The predicted octanol–water partition coefficient (Wildman–Crippen LogP) is 3.52. The maximum atomic E-state index is 13.0. The predicted molar refractivity (Wildman–Crippen MR) is 107 cm³/mol. The van der Waals surface area contributed by atoms with Gasteiger partial charge in [-0.1, -0.05) is 37.3 Å². The van der Waals surface area contributed by atoms with E-state index in [1.807, 2.05) is 19.1 Å². The highest BCUT2D eigenvalue weighted by Crippen LogP contribution is 2.42. The first-order valence-electron chi connectivity index (χ1n) is 9.48. The summed E-state index contributed by atoms with van der Waals surface area (Å²) in [6.45, 7) is 1.90. The number of hydrogen-bond donors (Lipinski definition) is 0. The average molecular weight is 406 g/mol. The number of para-hydroxylation sites is 2. The van der Waals surface area contributed by atoms with E-state index in [1.165, 1.54) is 24.3 Å². The molecule has 2 amide bonds. The third-order valence-electron chi connectivity index (χ3n) is 5.47. The van der Waals surface area contributed by atoms with Crippen molar-refractivity contribution in [3.05, 3.63) is 76.4 Å². The summed E-state index contributed by atoms with van der Waals surface area (Å²) in [5, 5.41) is 11.0. The van der Waals surface area contributed by atoms with E-state index in [0.29, 0.717) is 6.42 Å². The molecule has 4 rings (SSSR count). The molecular formula is C22H18N2O6.